The first kappa shape index (κ1) is 29.9. The lowest BCUT2D eigenvalue weighted by Gasteiger charge is -2.22. The zero-order chi connectivity index (χ0) is 32.7. The molecule has 2 aromatic heterocycles. The summed E-state index contributed by atoms with van der Waals surface area (Å²) in [4.78, 5) is 0. The van der Waals surface area contributed by atoms with Gasteiger partial charge in [0.2, 0.25) is 0 Å². The Bertz CT molecular complexity index is 2490. The van der Waals surface area contributed by atoms with Crippen molar-refractivity contribution in [2.24, 2.45) is 7.05 Å². The highest BCUT2D eigenvalue weighted by atomic mass is 32.1. The van der Waals surface area contributed by atoms with Crippen LogP contribution in [0.1, 0.15) is 81.5 Å². The van der Waals surface area contributed by atoms with Crippen LogP contribution >= 0.6 is 11.3 Å². The average molecular weight is 632 g/mol. The topological polar surface area (TPSA) is 8.81 Å². The zero-order valence-electron chi connectivity index (χ0n) is 28.8. The van der Waals surface area contributed by atoms with Gasteiger partial charge in [0.05, 0.1) is 17.3 Å². The van der Waals surface area contributed by atoms with Crippen molar-refractivity contribution in [3.63, 3.8) is 0 Å². The zero-order valence-corrected chi connectivity index (χ0v) is 29.6. The van der Waals surface area contributed by atoms with Crippen LogP contribution < -0.4 is 4.57 Å². The quantitative estimate of drug-likeness (QED) is 0.132. The summed E-state index contributed by atoms with van der Waals surface area (Å²) >= 11 is 1.96. The number of aromatic nitrogens is 2. The molecule has 0 saturated heterocycles. The van der Waals surface area contributed by atoms with Crippen molar-refractivity contribution >= 4 is 64.1 Å². The SMILES string of the molecule is Cc1ccc2c(sc3c4cc5ccccc5cc4ccc23)c1-c1n(-c2c(C(C)C)cc(C(C)C)cc2C(C)C)c2ccccc2[n+]1C. The van der Waals surface area contributed by atoms with Gasteiger partial charge >= 0.3 is 0 Å². The Morgan fingerprint density at radius 3 is 1.89 bits per heavy atom. The molecule has 3 heteroatoms. The van der Waals surface area contributed by atoms with Gasteiger partial charge < -0.3 is 0 Å². The van der Waals surface area contributed by atoms with Crippen LogP contribution in [-0.2, 0) is 7.05 Å². The number of imidazole rings is 1. The lowest BCUT2D eigenvalue weighted by atomic mass is 9.87. The first-order chi connectivity index (χ1) is 22.6. The molecule has 47 heavy (non-hydrogen) atoms. The molecule has 0 fully saturated rings. The molecule has 2 nitrogen and oxygen atoms in total. The Morgan fingerprint density at radius 1 is 0.596 bits per heavy atom. The van der Waals surface area contributed by atoms with Crippen molar-refractivity contribution in [3.8, 4) is 17.1 Å². The maximum atomic E-state index is 2.61. The molecule has 0 bridgehead atoms. The molecule has 6 aromatic carbocycles. The number of nitrogens with zero attached hydrogens (tertiary/aromatic N) is 2. The van der Waals surface area contributed by atoms with Gasteiger partial charge in [-0.15, -0.1) is 11.3 Å². The van der Waals surface area contributed by atoms with E-state index in [0.29, 0.717) is 17.8 Å². The molecular formula is C44H43N2S+. The van der Waals surface area contributed by atoms with Gasteiger partial charge in [0, 0.05) is 32.0 Å². The van der Waals surface area contributed by atoms with E-state index >= 15 is 0 Å². The normalized spacial score (nSPS) is 12.4. The molecular weight excluding hydrogens is 589 g/mol. The van der Waals surface area contributed by atoms with Crippen LogP contribution in [0.15, 0.2) is 97.1 Å². The van der Waals surface area contributed by atoms with Crippen LogP contribution in [0.5, 0.6) is 0 Å². The van der Waals surface area contributed by atoms with Crippen LogP contribution in [-0.4, -0.2) is 4.57 Å². The van der Waals surface area contributed by atoms with Gasteiger partial charge in [0.25, 0.3) is 5.82 Å². The second-order valence-electron chi connectivity index (χ2n) is 14.3. The fraction of sp³-hybridized carbons (Fsp3) is 0.250. The fourth-order valence-corrected chi connectivity index (χ4v) is 9.11. The van der Waals surface area contributed by atoms with Crippen molar-refractivity contribution in [1.82, 2.24) is 4.57 Å². The second kappa shape index (κ2) is 11.1. The van der Waals surface area contributed by atoms with Gasteiger partial charge in [0.15, 0.2) is 11.0 Å². The highest BCUT2D eigenvalue weighted by Crippen LogP contribution is 2.46. The molecule has 0 aliphatic rings. The van der Waals surface area contributed by atoms with E-state index in [1.165, 1.54) is 92.1 Å². The number of hydrogen-bond acceptors (Lipinski definition) is 1. The maximum Gasteiger partial charge on any atom is 0.296 e. The van der Waals surface area contributed by atoms with Gasteiger partial charge in [-0.2, -0.15) is 4.57 Å². The van der Waals surface area contributed by atoms with E-state index in [1.807, 2.05) is 11.3 Å². The first-order valence-electron chi connectivity index (χ1n) is 17.1. The van der Waals surface area contributed by atoms with E-state index in [9.17, 15) is 0 Å². The minimum absolute atomic E-state index is 0.378. The Labute approximate surface area is 281 Å². The summed E-state index contributed by atoms with van der Waals surface area (Å²) in [5, 5.41) is 7.89. The average Bonchev–Trinajstić information content (AvgIpc) is 3.58. The molecule has 0 spiro atoms. The molecule has 8 rings (SSSR count). The van der Waals surface area contributed by atoms with E-state index in [4.69, 9.17) is 0 Å². The molecule has 0 unspecified atom stereocenters. The van der Waals surface area contributed by atoms with Crippen molar-refractivity contribution in [2.45, 2.75) is 66.2 Å². The first-order valence-corrected chi connectivity index (χ1v) is 17.9. The van der Waals surface area contributed by atoms with E-state index < -0.39 is 0 Å². The number of hydrogen-bond donors (Lipinski definition) is 0. The molecule has 0 aliphatic heterocycles. The Morgan fingerprint density at radius 2 is 1.21 bits per heavy atom. The van der Waals surface area contributed by atoms with E-state index in [0.717, 1.165) is 0 Å². The van der Waals surface area contributed by atoms with Crippen LogP contribution in [0.4, 0.5) is 0 Å². The Hall–Kier alpha value is -4.47. The maximum absolute atomic E-state index is 2.61. The largest absolute Gasteiger partial charge is 0.296 e. The third kappa shape index (κ3) is 4.54. The minimum atomic E-state index is 0.378. The molecule has 2 heterocycles. The highest BCUT2D eigenvalue weighted by molar-refractivity contribution is 7.27. The smallest absolute Gasteiger partial charge is 0.225 e. The molecule has 8 aromatic rings. The summed E-state index contributed by atoms with van der Waals surface area (Å²) in [6, 6.07) is 36.7. The number of thiophene rings is 1. The summed E-state index contributed by atoms with van der Waals surface area (Å²) in [5.41, 5.74) is 10.7. The van der Waals surface area contributed by atoms with E-state index in [1.54, 1.807) is 0 Å². The van der Waals surface area contributed by atoms with Crippen molar-refractivity contribution in [3.05, 3.63) is 119 Å². The Kier molecular flexibility index (Phi) is 7.04. The summed E-state index contributed by atoms with van der Waals surface area (Å²) in [7, 11) is 2.26. The van der Waals surface area contributed by atoms with Crippen molar-refractivity contribution in [2.75, 3.05) is 0 Å². The van der Waals surface area contributed by atoms with Gasteiger partial charge in [-0.05, 0) is 76.2 Å². The minimum Gasteiger partial charge on any atom is -0.225 e. The number of para-hydroxylation sites is 2. The fourth-order valence-electron chi connectivity index (χ4n) is 7.68. The molecule has 0 amide bonds. The van der Waals surface area contributed by atoms with Gasteiger partial charge in [0.1, 0.15) is 5.69 Å². The predicted molar refractivity (Wildman–Crippen MR) is 205 cm³/mol. The monoisotopic (exact) mass is 631 g/mol. The molecule has 0 saturated carbocycles. The number of rotatable bonds is 5. The highest BCUT2D eigenvalue weighted by Gasteiger charge is 2.33. The lowest BCUT2D eigenvalue weighted by molar-refractivity contribution is -0.633. The van der Waals surface area contributed by atoms with Crippen molar-refractivity contribution < 1.29 is 4.57 Å². The van der Waals surface area contributed by atoms with Crippen molar-refractivity contribution in [1.29, 1.82) is 0 Å². The van der Waals surface area contributed by atoms with Gasteiger partial charge in [-0.3, -0.25) is 0 Å². The second-order valence-corrected chi connectivity index (χ2v) is 15.3. The summed E-state index contributed by atoms with van der Waals surface area (Å²) in [6.45, 7) is 16.3. The van der Waals surface area contributed by atoms with Gasteiger partial charge in [-0.1, -0.05) is 114 Å². The standard InChI is InChI=1S/C44H43N2S/c1-25(2)32-23-35(26(3)4)41(36(24-32)27(5)6)46-39-16-12-11-15-38(39)45(8)44(46)40-28(7)17-19-34-33-20-18-31-21-29-13-9-10-14-30(29)22-37(31)42(33)47-43(34)40/h9-27H,1-8H3/q+1. The third-order valence-corrected chi connectivity index (χ3v) is 11.5. The van der Waals surface area contributed by atoms with Crippen LogP contribution in [0.2, 0.25) is 0 Å². The van der Waals surface area contributed by atoms with E-state index in [2.05, 4.69) is 162 Å². The van der Waals surface area contributed by atoms with Gasteiger partial charge in [-0.25, -0.2) is 4.57 Å². The Balaban J connectivity index is 1.53. The number of aryl methyl sites for hydroxylation is 2. The summed E-state index contributed by atoms with van der Waals surface area (Å²) in [6.07, 6.45) is 0. The number of fused-ring (bicyclic) bond motifs is 7. The molecule has 0 aliphatic carbocycles. The van der Waals surface area contributed by atoms with Crippen LogP contribution in [0.3, 0.4) is 0 Å². The summed E-state index contributed by atoms with van der Waals surface area (Å²) in [5.74, 6) is 2.47. The van der Waals surface area contributed by atoms with E-state index in [-0.39, 0.29) is 0 Å². The lowest BCUT2D eigenvalue weighted by Crippen LogP contribution is -2.30. The van der Waals surface area contributed by atoms with Crippen LogP contribution in [0, 0.1) is 6.92 Å². The molecule has 0 atom stereocenters. The number of benzene rings is 6. The predicted octanol–water partition coefficient (Wildman–Crippen LogP) is 12.5. The molecule has 234 valence electrons. The molecule has 0 N–H and O–H groups in total. The summed E-state index contributed by atoms with van der Waals surface area (Å²) < 4.78 is 7.78. The molecule has 0 radical (unpaired) electrons. The third-order valence-electron chi connectivity index (χ3n) is 10.3. The van der Waals surface area contributed by atoms with Crippen LogP contribution in [0.25, 0.3) is 69.8 Å².